The number of carbonyl (C=O) groups is 2. The highest BCUT2D eigenvalue weighted by atomic mass is 16.5. The van der Waals surface area contributed by atoms with Crippen LogP contribution in [-0.4, -0.2) is 53.7 Å². The Kier molecular flexibility index (Phi) is 4.99. The normalized spacial score (nSPS) is 23.0. The SMILES string of the molecule is CCOc1ccccc1N1CC(C(=O)N2CCC(C)(O)CC2)CC1=O. The minimum atomic E-state index is -0.690. The van der Waals surface area contributed by atoms with Gasteiger partial charge in [-0.1, -0.05) is 12.1 Å². The molecule has 6 nitrogen and oxygen atoms in total. The maximum absolute atomic E-state index is 12.8. The summed E-state index contributed by atoms with van der Waals surface area (Å²) in [5.74, 6) is 0.306. The van der Waals surface area contributed by atoms with Crippen molar-refractivity contribution in [1.29, 1.82) is 0 Å². The Balaban J connectivity index is 1.70. The van der Waals surface area contributed by atoms with Crippen molar-refractivity contribution in [2.75, 3.05) is 31.1 Å². The Morgan fingerprint density at radius 3 is 2.68 bits per heavy atom. The molecule has 2 heterocycles. The molecule has 0 radical (unpaired) electrons. The Hall–Kier alpha value is -2.08. The first-order valence-corrected chi connectivity index (χ1v) is 8.94. The van der Waals surface area contributed by atoms with Gasteiger partial charge in [-0.25, -0.2) is 0 Å². The van der Waals surface area contributed by atoms with E-state index in [4.69, 9.17) is 4.74 Å². The van der Waals surface area contributed by atoms with Crippen LogP contribution in [0.3, 0.4) is 0 Å². The number of nitrogens with zero attached hydrogens (tertiary/aromatic N) is 2. The molecule has 1 aromatic rings. The highest BCUT2D eigenvalue weighted by Crippen LogP contribution is 2.34. The van der Waals surface area contributed by atoms with E-state index in [1.807, 2.05) is 31.2 Å². The molecule has 1 atom stereocenters. The van der Waals surface area contributed by atoms with Crippen molar-refractivity contribution in [1.82, 2.24) is 4.90 Å². The number of amides is 2. The molecule has 1 aromatic carbocycles. The number of anilines is 1. The van der Waals surface area contributed by atoms with Crippen LogP contribution in [0.25, 0.3) is 0 Å². The van der Waals surface area contributed by atoms with E-state index < -0.39 is 5.60 Å². The number of rotatable bonds is 4. The smallest absolute Gasteiger partial charge is 0.228 e. The number of piperidine rings is 1. The van der Waals surface area contributed by atoms with Gasteiger partial charge in [0.2, 0.25) is 11.8 Å². The van der Waals surface area contributed by atoms with E-state index in [0.717, 1.165) is 5.69 Å². The second-order valence-electron chi connectivity index (χ2n) is 7.13. The van der Waals surface area contributed by atoms with Crippen LogP contribution in [0, 0.1) is 5.92 Å². The van der Waals surface area contributed by atoms with Crippen LogP contribution >= 0.6 is 0 Å². The zero-order valence-corrected chi connectivity index (χ0v) is 14.9. The molecule has 2 aliphatic heterocycles. The van der Waals surface area contributed by atoms with Crippen LogP contribution in [0.5, 0.6) is 5.75 Å². The van der Waals surface area contributed by atoms with Crippen molar-refractivity contribution in [3.63, 3.8) is 0 Å². The lowest BCUT2D eigenvalue weighted by molar-refractivity contribution is -0.139. The van der Waals surface area contributed by atoms with Gasteiger partial charge in [0.1, 0.15) is 5.75 Å². The summed E-state index contributed by atoms with van der Waals surface area (Å²) in [5.41, 5.74) is 0.0382. The standard InChI is InChI=1S/C19H26N2O4/c1-3-25-16-7-5-4-6-15(16)21-13-14(12-17(21)22)18(23)20-10-8-19(2,24)9-11-20/h4-7,14,24H,3,8-13H2,1-2H3. The first-order chi connectivity index (χ1) is 11.9. The molecule has 0 spiro atoms. The summed E-state index contributed by atoms with van der Waals surface area (Å²) in [7, 11) is 0. The second kappa shape index (κ2) is 7.04. The molecule has 0 aliphatic carbocycles. The predicted molar refractivity (Wildman–Crippen MR) is 94.5 cm³/mol. The fourth-order valence-electron chi connectivity index (χ4n) is 3.53. The molecule has 3 rings (SSSR count). The summed E-state index contributed by atoms with van der Waals surface area (Å²) in [5, 5.41) is 10.0. The van der Waals surface area contributed by atoms with Gasteiger partial charge in [-0.2, -0.15) is 0 Å². The number of aliphatic hydroxyl groups is 1. The number of hydrogen-bond acceptors (Lipinski definition) is 4. The Bertz CT molecular complexity index is 649. The van der Waals surface area contributed by atoms with E-state index in [1.165, 1.54) is 0 Å². The summed E-state index contributed by atoms with van der Waals surface area (Å²) >= 11 is 0. The summed E-state index contributed by atoms with van der Waals surface area (Å²) < 4.78 is 5.62. The molecule has 1 unspecified atom stereocenters. The highest BCUT2D eigenvalue weighted by Gasteiger charge is 2.39. The third-order valence-electron chi connectivity index (χ3n) is 5.08. The average molecular weight is 346 g/mol. The van der Waals surface area contributed by atoms with Gasteiger partial charge in [0.05, 0.1) is 23.8 Å². The van der Waals surface area contributed by atoms with Gasteiger partial charge >= 0.3 is 0 Å². The van der Waals surface area contributed by atoms with E-state index in [1.54, 1.807) is 16.7 Å². The lowest BCUT2D eigenvalue weighted by atomic mass is 9.93. The molecule has 0 aromatic heterocycles. The third kappa shape index (κ3) is 3.79. The van der Waals surface area contributed by atoms with Gasteiger partial charge in [-0.15, -0.1) is 0 Å². The highest BCUT2D eigenvalue weighted by molar-refractivity contribution is 6.01. The lowest BCUT2D eigenvalue weighted by Crippen LogP contribution is -2.47. The fraction of sp³-hybridized carbons (Fsp3) is 0.579. The van der Waals surface area contributed by atoms with E-state index in [0.29, 0.717) is 44.8 Å². The number of para-hydroxylation sites is 2. The molecule has 2 saturated heterocycles. The Morgan fingerprint density at radius 2 is 2.00 bits per heavy atom. The summed E-state index contributed by atoms with van der Waals surface area (Å²) in [6.07, 6.45) is 1.39. The molecule has 0 saturated carbocycles. The van der Waals surface area contributed by atoms with Crippen LogP contribution in [0.1, 0.15) is 33.1 Å². The number of carbonyl (C=O) groups excluding carboxylic acids is 2. The maximum Gasteiger partial charge on any atom is 0.228 e. The molecule has 2 amide bonds. The summed E-state index contributed by atoms with van der Waals surface area (Å²) in [6, 6.07) is 7.44. The zero-order chi connectivity index (χ0) is 18.0. The number of ether oxygens (including phenoxy) is 1. The molecular formula is C19H26N2O4. The van der Waals surface area contributed by atoms with Crippen molar-refractivity contribution in [2.24, 2.45) is 5.92 Å². The van der Waals surface area contributed by atoms with E-state index in [2.05, 4.69) is 0 Å². The number of benzene rings is 1. The maximum atomic E-state index is 12.8. The van der Waals surface area contributed by atoms with Gasteiger partial charge in [-0.05, 0) is 38.8 Å². The van der Waals surface area contributed by atoms with Crippen molar-refractivity contribution in [2.45, 2.75) is 38.7 Å². The first kappa shape index (κ1) is 17.7. The quantitative estimate of drug-likeness (QED) is 0.903. The van der Waals surface area contributed by atoms with Crippen LogP contribution in [0.2, 0.25) is 0 Å². The van der Waals surface area contributed by atoms with Gasteiger partial charge in [-0.3, -0.25) is 9.59 Å². The van der Waals surface area contributed by atoms with E-state index >= 15 is 0 Å². The van der Waals surface area contributed by atoms with Crippen LogP contribution < -0.4 is 9.64 Å². The predicted octanol–water partition coefficient (Wildman–Crippen LogP) is 1.81. The molecule has 0 bridgehead atoms. The van der Waals surface area contributed by atoms with Crippen LogP contribution in [-0.2, 0) is 9.59 Å². The molecule has 2 fully saturated rings. The zero-order valence-electron chi connectivity index (χ0n) is 14.9. The van der Waals surface area contributed by atoms with Crippen molar-refractivity contribution >= 4 is 17.5 Å². The van der Waals surface area contributed by atoms with Gasteiger partial charge in [0.25, 0.3) is 0 Å². The molecule has 25 heavy (non-hydrogen) atoms. The second-order valence-corrected chi connectivity index (χ2v) is 7.13. The number of hydrogen-bond donors (Lipinski definition) is 1. The molecular weight excluding hydrogens is 320 g/mol. The summed E-state index contributed by atoms with van der Waals surface area (Å²) in [4.78, 5) is 28.7. The molecule has 136 valence electrons. The van der Waals surface area contributed by atoms with Crippen molar-refractivity contribution in [3.05, 3.63) is 24.3 Å². The topological polar surface area (TPSA) is 70.1 Å². The number of likely N-dealkylation sites (tertiary alicyclic amines) is 1. The average Bonchev–Trinajstić information content (AvgIpc) is 2.97. The summed E-state index contributed by atoms with van der Waals surface area (Å²) in [6.45, 7) is 5.71. The van der Waals surface area contributed by atoms with Crippen LogP contribution in [0.4, 0.5) is 5.69 Å². The minimum absolute atomic E-state index is 0.0141. The first-order valence-electron chi connectivity index (χ1n) is 8.94. The third-order valence-corrected chi connectivity index (χ3v) is 5.08. The van der Waals surface area contributed by atoms with Gasteiger partial charge in [0, 0.05) is 26.1 Å². The van der Waals surface area contributed by atoms with Crippen molar-refractivity contribution < 1.29 is 19.4 Å². The molecule has 1 N–H and O–H groups in total. The van der Waals surface area contributed by atoms with Gasteiger partial charge in [0.15, 0.2) is 0 Å². The monoisotopic (exact) mass is 346 g/mol. The van der Waals surface area contributed by atoms with Gasteiger partial charge < -0.3 is 19.6 Å². The minimum Gasteiger partial charge on any atom is -0.492 e. The molecule has 2 aliphatic rings. The van der Waals surface area contributed by atoms with Crippen molar-refractivity contribution in [3.8, 4) is 5.75 Å². The largest absolute Gasteiger partial charge is 0.492 e. The Morgan fingerprint density at radius 1 is 1.32 bits per heavy atom. The fourth-order valence-corrected chi connectivity index (χ4v) is 3.53. The van der Waals surface area contributed by atoms with Crippen LogP contribution in [0.15, 0.2) is 24.3 Å². The van der Waals surface area contributed by atoms with E-state index in [-0.39, 0.29) is 24.2 Å². The van der Waals surface area contributed by atoms with E-state index in [9.17, 15) is 14.7 Å². The lowest BCUT2D eigenvalue weighted by Gasteiger charge is -2.36. The molecule has 6 heteroatoms. The Labute approximate surface area is 148 Å².